The fourth-order valence-corrected chi connectivity index (χ4v) is 3.18. The summed E-state index contributed by atoms with van der Waals surface area (Å²) in [5, 5.41) is 5.43. The van der Waals surface area contributed by atoms with Crippen LogP contribution in [0.2, 0.25) is 0 Å². The van der Waals surface area contributed by atoms with Gasteiger partial charge in [-0.15, -0.1) is 0 Å². The molecule has 0 bridgehead atoms. The predicted octanol–water partition coefficient (Wildman–Crippen LogP) is 0.907. The molecular formula is C15H15N5O2. The fourth-order valence-electron chi connectivity index (χ4n) is 3.18. The number of likely N-dealkylation sites (tertiary alicyclic amines) is 1. The molecule has 0 spiro atoms. The van der Waals surface area contributed by atoms with Gasteiger partial charge < -0.3 is 9.88 Å². The summed E-state index contributed by atoms with van der Waals surface area (Å²) in [5.41, 5.74) is 2.26. The van der Waals surface area contributed by atoms with Gasteiger partial charge in [0, 0.05) is 37.5 Å². The molecule has 7 nitrogen and oxygen atoms in total. The molecule has 112 valence electrons. The number of aromatic amines is 1. The number of fused-ring (bicyclic) bond motifs is 3. The smallest absolute Gasteiger partial charge is 0.251 e. The lowest BCUT2D eigenvalue weighted by atomic mass is 9.93. The summed E-state index contributed by atoms with van der Waals surface area (Å²) in [6.45, 7) is 1.43. The third-order valence-corrected chi connectivity index (χ3v) is 4.33. The lowest BCUT2D eigenvalue weighted by Crippen LogP contribution is -2.32. The van der Waals surface area contributed by atoms with Crippen molar-refractivity contribution in [3.8, 4) is 0 Å². The molecule has 0 radical (unpaired) electrons. The van der Waals surface area contributed by atoms with Gasteiger partial charge in [-0.1, -0.05) is 0 Å². The summed E-state index contributed by atoms with van der Waals surface area (Å²) < 4.78 is 1.81. The quantitative estimate of drug-likeness (QED) is 0.713. The van der Waals surface area contributed by atoms with Crippen molar-refractivity contribution >= 4 is 23.0 Å². The zero-order valence-corrected chi connectivity index (χ0v) is 11.9. The number of amides is 1. The highest BCUT2D eigenvalue weighted by Gasteiger charge is 2.23. The van der Waals surface area contributed by atoms with E-state index in [-0.39, 0.29) is 11.5 Å². The first-order chi connectivity index (χ1) is 10.8. The molecule has 0 atom stereocenters. The highest BCUT2D eigenvalue weighted by molar-refractivity contribution is 5.91. The number of hydrogen-bond donors (Lipinski definition) is 1. The van der Waals surface area contributed by atoms with Crippen LogP contribution >= 0.6 is 0 Å². The van der Waals surface area contributed by atoms with E-state index in [4.69, 9.17) is 0 Å². The van der Waals surface area contributed by atoms with Crippen LogP contribution in [0.4, 0.5) is 0 Å². The molecule has 1 fully saturated rings. The number of aromatic nitrogens is 4. The van der Waals surface area contributed by atoms with E-state index in [1.54, 1.807) is 23.4 Å². The van der Waals surface area contributed by atoms with E-state index < -0.39 is 0 Å². The molecule has 4 rings (SSSR count). The van der Waals surface area contributed by atoms with Crippen LogP contribution in [0.15, 0.2) is 29.3 Å². The summed E-state index contributed by atoms with van der Waals surface area (Å²) in [6, 6.07) is 3.45. The van der Waals surface area contributed by atoms with E-state index in [9.17, 15) is 9.59 Å². The first-order valence-corrected chi connectivity index (χ1v) is 7.31. The van der Waals surface area contributed by atoms with Crippen molar-refractivity contribution in [3.63, 3.8) is 0 Å². The topological polar surface area (TPSA) is 83.4 Å². The monoisotopic (exact) mass is 297 g/mol. The molecule has 1 amide bonds. The van der Waals surface area contributed by atoms with Crippen molar-refractivity contribution in [2.24, 2.45) is 0 Å². The Labute approximate surface area is 125 Å². The molecule has 22 heavy (non-hydrogen) atoms. The van der Waals surface area contributed by atoms with Crippen molar-refractivity contribution < 1.29 is 4.79 Å². The van der Waals surface area contributed by atoms with E-state index in [2.05, 4.69) is 15.1 Å². The second-order valence-electron chi connectivity index (χ2n) is 5.63. The van der Waals surface area contributed by atoms with E-state index >= 15 is 0 Å². The zero-order valence-electron chi connectivity index (χ0n) is 11.9. The van der Waals surface area contributed by atoms with Crippen LogP contribution in [-0.2, 0) is 4.79 Å². The standard InChI is InChI=1S/C15H15N5O2/c21-9-19-5-2-10(3-6-19)13-7-14(22)17-15-11-8-16-4-1-12(11)18-20(13)15/h1,4,7-10H,2-3,5-6H2,(H,17,22). The zero-order chi connectivity index (χ0) is 15.1. The SMILES string of the molecule is O=CN1CCC(c2cc(=O)[nH]c3c4cnccc4nn23)CC1. The number of nitrogens with one attached hydrogen (secondary N) is 1. The summed E-state index contributed by atoms with van der Waals surface area (Å²) in [7, 11) is 0. The van der Waals surface area contributed by atoms with E-state index in [1.807, 2.05) is 10.6 Å². The van der Waals surface area contributed by atoms with Gasteiger partial charge in [0.1, 0.15) is 5.65 Å². The van der Waals surface area contributed by atoms with Gasteiger partial charge in [-0.05, 0) is 18.9 Å². The molecule has 0 saturated carbocycles. The average molecular weight is 297 g/mol. The van der Waals surface area contributed by atoms with Gasteiger partial charge >= 0.3 is 0 Å². The Kier molecular flexibility index (Phi) is 2.92. The highest BCUT2D eigenvalue weighted by Crippen LogP contribution is 2.28. The molecule has 0 aromatic carbocycles. The number of nitrogens with zero attached hydrogens (tertiary/aromatic N) is 4. The normalized spacial score (nSPS) is 16.5. The number of carbonyl (C=O) groups is 1. The summed E-state index contributed by atoms with van der Waals surface area (Å²) in [6.07, 6.45) is 5.97. The molecule has 1 aliphatic rings. The van der Waals surface area contributed by atoms with E-state index in [0.29, 0.717) is 18.7 Å². The molecular weight excluding hydrogens is 282 g/mol. The number of rotatable bonds is 2. The maximum Gasteiger partial charge on any atom is 0.251 e. The summed E-state index contributed by atoms with van der Waals surface area (Å²) in [5.74, 6) is 0.225. The first-order valence-electron chi connectivity index (χ1n) is 7.31. The third-order valence-electron chi connectivity index (χ3n) is 4.33. The minimum atomic E-state index is -0.133. The molecule has 3 aromatic rings. The first kappa shape index (κ1) is 13.0. The highest BCUT2D eigenvalue weighted by atomic mass is 16.1. The molecule has 4 heterocycles. The van der Waals surface area contributed by atoms with E-state index in [1.165, 1.54) is 0 Å². The number of piperidine rings is 1. The molecule has 1 saturated heterocycles. The van der Waals surface area contributed by atoms with Crippen molar-refractivity contribution in [2.45, 2.75) is 18.8 Å². The predicted molar refractivity (Wildman–Crippen MR) is 80.7 cm³/mol. The Hall–Kier alpha value is -2.70. The van der Waals surface area contributed by atoms with Crippen molar-refractivity contribution in [2.75, 3.05) is 13.1 Å². The number of H-pyrrole nitrogens is 1. The summed E-state index contributed by atoms with van der Waals surface area (Å²) >= 11 is 0. The third kappa shape index (κ3) is 1.97. The maximum absolute atomic E-state index is 12.0. The van der Waals surface area contributed by atoms with Gasteiger partial charge in [0.15, 0.2) is 0 Å². The van der Waals surface area contributed by atoms with Crippen LogP contribution in [-0.4, -0.2) is 44.0 Å². The van der Waals surface area contributed by atoms with Crippen molar-refractivity contribution in [1.29, 1.82) is 0 Å². The van der Waals surface area contributed by atoms with Gasteiger partial charge in [-0.2, -0.15) is 5.10 Å². The lowest BCUT2D eigenvalue weighted by molar-refractivity contribution is -0.119. The van der Waals surface area contributed by atoms with Gasteiger partial charge in [-0.3, -0.25) is 14.6 Å². The van der Waals surface area contributed by atoms with Crippen molar-refractivity contribution in [1.82, 2.24) is 24.5 Å². The van der Waals surface area contributed by atoms with Crippen LogP contribution in [0.25, 0.3) is 16.6 Å². The van der Waals surface area contributed by atoms with Gasteiger partial charge in [0.05, 0.1) is 16.6 Å². The second kappa shape index (κ2) is 4.94. The lowest BCUT2D eigenvalue weighted by Gasteiger charge is -2.29. The number of hydrogen-bond acceptors (Lipinski definition) is 4. The molecule has 1 aliphatic heterocycles. The minimum Gasteiger partial charge on any atom is -0.345 e. The Balaban J connectivity index is 1.87. The minimum absolute atomic E-state index is 0.133. The summed E-state index contributed by atoms with van der Waals surface area (Å²) in [4.78, 5) is 31.6. The van der Waals surface area contributed by atoms with Crippen molar-refractivity contribution in [3.05, 3.63) is 40.6 Å². The van der Waals surface area contributed by atoms with Gasteiger partial charge in [0.25, 0.3) is 5.56 Å². The molecule has 0 aliphatic carbocycles. The Bertz CT molecular complexity index is 905. The van der Waals surface area contributed by atoms with Gasteiger partial charge in [-0.25, -0.2) is 4.52 Å². The molecule has 1 N–H and O–H groups in total. The van der Waals surface area contributed by atoms with Crippen LogP contribution in [0.1, 0.15) is 24.5 Å². The Morgan fingerprint density at radius 2 is 2.14 bits per heavy atom. The van der Waals surface area contributed by atoms with Gasteiger partial charge in [0.2, 0.25) is 6.41 Å². The number of pyridine rings is 1. The fraction of sp³-hybridized carbons (Fsp3) is 0.333. The Morgan fingerprint density at radius 1 is 1.32 bits per heavy atom. The molecule has 7 heteroatoms. The van der Waals surface area contributed by atoms with Crippen LogP contribution in [0.5, 0.6) is 0 Å². The average Bonchev–Trinajstić information content (AvgIpc) is 2.93. The van der Waals surface area contributed by atoms with Crippen LogP contribution in [0, 0.1) is 0 Å². The largest absolute Gasteiger partial charge is 0.345 e. The van der Waals surface area contributed by atoms with Crippen LogP contribution < -0.4 is 5.56 Å². The molecule has 0 unspecified atom stereocenters. The number of carbonyl (C=O) groups excluding carboxylic acids is 1. The Morgan fingerprint density at radius 3 is 2.91 bits per heavy atom. The van der Waals surface area contributed by atoms with E-state index in [0.717, 1.165) is 35.8 Å². The van der Waals surface area contributed by atoms with Crippen LogP contribution in [0.3, 0.4) is 0 Å². The second-order valence-corrected chi connectivity index (χ2v) is 5.63. The molecule has 3 aromatic heterocycles. The maximum atomic E-state index is 12.0.